The number of amides is 2. The fourth-order valence-corrected chi connectivity index (χ4v) is 7.26. The van der Waals surface area contributed by atoms with Gasteiger partial charge in [0.05, 0.1) is 0 Å². The standard InChI is InChI=1S/C27H34FN3O3/c1-3-30(16-26-13-27(28,14-26)15-26)21-5-4-6-23(21)34-19-8-9-20-18(11-19)12-31(25(20)33)22-10-7-17(2)29-24(22)32/h8-9,11,21-23H,2-7,10,12-16H2,1H3,(H,29,32)/t21-,22?,23+,26?,27?/m0/s1. The van der Waals surface area contributed by atoms with Gasteiger partial charge in [-0.05, 0) is 87.1 Å². The van der Waals surface area contributed by atoms with Gasteiger partial charge in [-0.3, -0.25) is 14.5 Å². The van der Waals surface area contributed by atoms with Crippen molar-refractivity contribution in [1.29, 1.82) is 0 Å². The minimum absolute atomic E-state index is 0.0886. The smallest absolute Gasteiger partial charge is 0.255 e. The number of rotatable bonds is 7. The highest BCUT2D eigenvalue weighted by atomic mass is 19.1. The molecule has 5 fully saturated rings. The van der Waals surface area contributed by atoms with E-state index in [0.717, 1.165) is 62.9 Å². The van der Waals surface area contributed by atoms with Crippen molar-refractivity contribution in [3.63, 3.8) is 0 Å². The van der Waals surface area contributed by atoms with Crippen molar-refractivity contribution >= 4 is 11.8 Å². The van der Waals surface area contributed by atoms with E-state index in [2.05, 4.69) is 23.7 Å². The molecule has 6 nitrogen and oxygen atoms in total. The van der Waals surface area contributed by atoms with Crippen molar-refractivity contribution < 1.29 is 18.7 Å². The third-order valence-electron chi connectivity index (χ3n) is 8.80. The number of halogens is 1. The van der Waals surface area contributed by atoms with Crippen LogP contribution in [-0.4, -0.2) is 58.6 Å². The van der Waals surface area contributed by atoms with Crippen molar-refractivity contribution in [2.24, 2.45) is 5.41 Å². The molecule has 1 unspecified atom stereocenters. The Labute approximate surface area is 200 Å². The molecule has 4 aliphatic carbocycles. The summed E-state index contributed by atoms with van der Waals surface area (Å²) in [5.74, 6) is 0.551. The Balaban J connectivity index is 1.13. The van der Waals surface area contributed by atoms with E-state index in [1.54, 1.807) is 4.90 Å². The molecular weight excluding hydrogens is 433 g/mol. The lowest BCUT2D eigenvalue weighted by Gasteiger charge is -2.67. The fourth-order valence-electron chi connectivity index (χ4n) is 7.26. The Morgan fingerprint density at radius 3 is 2.74 bits per heavy atom. The highest BCUT2D eigenvalue weighted by molar-refractivity contribution is 6.01. The highest BCUT2D eigenvalue weighted by Crippen LogP contribution is 2.69. The van der Waals surface area contributed by atoms with Gasteiger partial charge in [0.2, 0.25) is 5.91 Å². The van der Waals surface area contributed by atoms with Crippen LogP contribution in [0.15, 0.2) is 30.5 Å². The van der Waals surface area contributed by atoms with Gasteiger partial charge in [-0.2, -0.15) is 0 Å². The maximum Gasteiger partial charge on any atom is 0.255 e. The van der Waals surface area contributed by atoms with E-state index in [9.17, 15) is 14.0 Å². The largest absolute Gasteiger partial charge is 0.489 e. The van der Waals surface area contributed by atoms with E-state index in [4.69, 9.17) is 4.74 Å². The molecular formula is C27H34FN3O3. The van der Waals surface area contributed by atoms with Crippen LogP contribution in [0.4, 0.5) is 4.39 Å². The highest BCUT2D eigenvalue weighted by Gasteiger charge is 2.69. The molecule has 2 heterocycles. The average molecular weight is 468 g/mol. The average Bonchev–Trinajstić information content (AvgIpc) is 3.34. The van der Waals surface area contributed by atoms with Gasteiger partial charge >= 0.3 is 0 Å². The summed E-state index contributed by atoms with van der Waals surface area (Å²) >= 11 is 0. The molecule has 7 rings (SSSR count). The molecule has 6 aliphatic rings. The summed E-state index contributed by atoms with van der Waals surface area (Å²) < 4.78 is 20.5. The van der Waals surface area contributed by atoms with E-state index in [0.29, 0.717) is 36.7 Å². The second-order valence-electron chi connectivity index (χ2n) is 11.3. The van der Waals surface area contributed by atoms with Crippen LogP contribution in [0.5, 0.6) is 5.75 Å². The van der Waals surface area contributed by atoms with E-state index in [1.807, 2.05) is 18.2 Å². The van der Waals surface area contributed by atoms with Crippen LogP contribution in [0.1, 0.15) is 74.2 Å². The van der Waals surface area contributed by atoms with Crippen molar-refractivity contribution in [1.82, 2.24) is 15.1 Å². The summed E-state index contributed by atoms with van der Waals surface area (Å²) in [5, 5.41) is 2.79. The Morgan fingerprint density at radius 1 is 1.24 bits per heavy atom. The summed E-state index contributed by atoms with van der Waals surface area (Å²) in [5.41, 5.74) is 1.64. The molecule has 1 aromatic rings. The quantitative estimate of drug-likeness (QED) is 0.660. The van der Waals surface area contributed by atoms with Crippen LogP contribution >= 0.6 is 0 Å². The maximum absolute atomic E-state index is 14.0. The Bertz CT molecular complexity index is 1040. The van der Waals surface area contributed by atoms with E-state index in [-0.39, 0.29) is 23.3 Å². The number of hydrogen-bond donors (Lipinski definition) is 1. The van der Waals surface area contributed by atoms with Crippen LogP contribution in [0, 0.1) is 5.41 Å². The van der Waals surface area contributed by atoms with Crippen LogP contribution < -0.4 is 10.1 Å². The second kappa shape index (κ2) is 7.80. The molecule has 1 aromatic carbocycles. The van der Waals surface area contributed by atoms with Crippen molar-refractivity contribution in [3.05, 3.63) is 41.6 Å². The molecule has 34 heavy (non-hydrogen) atoms. The normalized spacial score (nSPS) is 36.3. The lowest BCUT2D eigenvalue weighted by molar-refractivity contribution is -0.224. The molecule has 2 bridgehead atoms. The molecule has 7 heteroatoms. The molecule has 1 N–H and O–H groups in total. The molecule has 182 valence electrons. The van der Waals surface area contributed by atoms with Gasteiger partial charge in [-0.1, -0.05) is 13.5 Å². The third kappa shape index (κ3) is 3.55. The van der Waals surface area contributed by atoms with Gasteiger partial charge in [0.1, 0.15) is 23.6 Å². The summed E-state index contributed by atoms with van der Waals surface area (Å²) in [6.07, 6.45) is 6.85. The molecule has 1 saturated heterocycles. The molecule has 4 saturated carbocycles. The lowest BCUT2D eigenvalue weighted by atomic mass is 9.42. The number of piperidine rings is 1. The maximum atomic E-state index is 14.0. The minimum Gasteiger partial charge on any atom is -0.489 e. The minimum atomic E-state index is -0.854. The van der Waals surface area contributed by atoms with E-state index < -0.39 is 11.7 Å². The van der Waals surface area contributed by atoms with Crippen LogP contribution in [-0.2, 0) is 11.3 Å². The van der Waals surface area contributed by atoms with E-state index in [1.165, 1.54) is 0 Å². The number of allylic oxidation sites excluding steroid dienone is 1. The number of likely N-dealkylation sites (N-methyl/N-ethyl adjacent to an activating group) is 1. The number of benzene rings is 1. The molecule has 0 aromatic heterocycles. The van der Waals surface area contributed by atoms with Crippen molar-refractivity contribution in [2.75, 3.05) is 13.1 Å². The molecule has 2 aliphatic heterocycles. The number of hydrogen-bond acceptors (Lipinski definition) is 4. The molecule has 3 atom stereocenters. The first kappa shape index (κ1) is 22.1. The van der Waals surface area contributed by atoms with Crippen molar-refractivity contribution in [3.8, 4) is 5.75 Å². The summed E-state index contributed by atoms with van der Waals surface area (Å²) in [4.78, 5) is 29.6. The van der Waals surface area contributed by atoms with Crippen LogP contribution in [0.3, 0.4) is 0 Å². The van der Waals surface area contributed by atoms with Gasteiger partial charge < -0.3 is 15.0 Å². The summed E-state index contributed by atoms with van der Waals surface area (Å²) in [7, 11) is 0. The number of nitrogens with zero attached hydrogens (tertiary/aromatic N) is 2. The number of alkyl halides is 1. The number of carbonyl (C=O) groups excluding carboxylic acids is 2. The van der Waals surface area contributed by atoms with Gasteiger partial charge in [0, 0.05) is 30.4 Å². The Hall–Kier alpha value is -2.41. The number of fused-ring (bicyclic) bond motifs is 1. The zero-order valence-electron chi connectivity index (χ0n) is 19.9. The fraction of sp³-hybridized carbons (Fsp3) is 0.630. The van der Waals surface area contributed by atoms with Gasteiger partial charge in [0.15, 0.2) is 0 Å². The van der Waals surface area contributed by atoms with Crippen LogP contribution in [0.2, 0.25) is 0 Å². The van der Waals surface area contributed by atoms with Crippen LogP contribution in [0.25, 0.3) is 0 Å². The topological polar surface area (TPSA) is 61.9 Å². The molecule has 2 amide bonds. The zero-order chi connectivity index (χ0) is 23.7. The lowest BCUT2D eigenvalue weighted by Crippen LogP contribution is -2.68. The zero-order valence-corrected chi connectivity index (χ0v) is 19.9. The number of ether oxygens (including phenoxy) is 1. The first-order chi connectivity index (χ1) is 16.3. The predicted molar refractivity (Wildman–Crippen MR) is 126 cm³/mol. The van der Waals surface area contributed by atoms with E-state index >= 15 is 0 Å². The van der Waals surface area contributed by atoms with Crippen molar-refractivity contribution in [2.45, 2.75) is 88.7 Å². The molecule has 0 spiro atoms. The Morgan fingerprint density at radius 2 is 2.03 bits per heavy atom. The predicted octanol–water partition coefficient (Wildman–Crippen LogP) is 3.95. The third-order valence-corrected chi connectivity index (χ3v) is 8.80. The summed E-state index contributed by atoms with van der Waals surface area (Å²) in [6.45, 7) is 8.38. The second-order valence-corrected chi connectivity index (χ2v) is 11.3. The SMILES string of the molecule is C=C1CCC(N2Cc3cc(O[C@@H]4CCC[C@@H]4N(CC)CC45CC(F)(C4)C5)ccc3C2=O)C(=O)N1. The monoisotopic (exact) mass is 467 g/mol. The van der Waals surface area contributed by atoms with Gasteiger partial charge in [-0.25, -0.2) is 4.39 Å². The number of nitrogens with one attached hydrogen (secondary N) is 1. The van der Waals surface area contributed by atoms with Gasteiger partial charge in [-0.15, -0.1) is 0 Å². The van der Waals surface area contributed by atoms with Gasteiger partial charge in [0.25, 0.3) is 5.91 Å². The molecule has 0 radical (unpaired) electrons. The first-order valence-electron chi connectivity index (χ1n) is 12.8. The summed E-state index contributed by atoms with van der Waals surface area (Å²) in [6, 6.07) is 5.61. The Kier molecular flexibility index (Phi) is 5.07. The number of carbonyl (C=O) groups is 2. The first-order valence-corrected chi connectivity index (χ1v) is 12.8.